The molecule has 1 heterocycles. The van der Waals surface area contributed by atoms with Gasteiger partial charge in [0.1, 0.15) is 17.2 Å². The van der Waals surface area contributed by atoms with Crippen LogP contribution < -0.4 is 0 Å². The Balaban J connectivity index is 1.56. The predicted molar refractivity (Wildman–Crippen MR) is 159 cm³/mol. The van der Waals surface area contributed by atoms with Crippen molar-refractivity contribution in [1.82, 2.24) is 9.80 Å². The molecule has 4 aromatic carbocycles. The van der Waals surface area contributed by atoms with Gasteiger partial charge in [-0.2, -0.15) is 0 Å². The molecule has 0 saturated carbocycles. The summed E-state index contributed by atoms with van der Waals surface area (Å²) in [4.78, 5) is 29.8. The Morgan fingerprint density at radius 1 is 0.955 bits per heavy atom. The Hall–Kier alpha value is -4.63. The number of piperidine rings is 1. The normalized spacial score (nSPS) is 19.6. The second-order valence-corrected chi connectivity index (χ2v) is 10.9. The van der Waals surface area contributed by atoms with Crippen molar-refractivity contribution >= 4 is 11.9 Å². The Kier molecular flexibility index (Phi) is 8.18. The van der Waals surface area contributed by atoms with Gasteiger partial charge in [0.05, 0.1) is 12.0 Å². The van der Waals surface area contributed by atoms with Crippen LogP contribution in [-0.4, -0.2) is 53.4 Å². The molecule has 1 N–H and O–H groups in total. The highest BCUT2D eigenvalue weighted by Gasteiger charge is 2.49. The third-order valence-corrected chi connectivity index (χ3v) is 7.91. The molecular formula is C35H33F3N2O4. The molecule has 6 nitrogen and oxygen atoms in total. The molecule has 0 aromatic heterocycles. The summed E-state index contributed by atoms with van der Waals surface area (Å²) in [5, 5.41) is 10.5. The number of amides is 1. The van der Waals surface area contributed by atoms with E-state index < -0.39 is 54.2 Å². The molecule has 2 atom stereocenters. The van der Waals surface area contributed by atoms with Crippen molar-refractivity contribution in [2.45, 2.75) is 25.0 Å². The van der Waals surface area contributed by atoms with E-state index in [9.17, 15) is 27.9 Å². The fraction of sp³-hybridized carbons (Fsp3) is 0.257. The Labute approximate surface area is 258 Å². The van der Waals surface area contributed by atoms with Gasteiger partial charge in [0.25, 0.3) is 0 Å². The van der Waals surface area contributed by atoms with Gasteiger partial charge < -0.3 is 19.6 Å². The smallest absolute Gasteiger partial charge is 0.339 e. The van der Waals surface area contributed by atoms with Crippen LogP contribution in [0.2, 0.25) is 0 Å². The molecule has 9 heteroatoms. The molecule has 228 valence electrons. The van der Waals surface area contributed by atoms with Gasteiger partial charge in [-0.15, -0.1) is 0 Å². The number of hydrogen-bond donors (Lipinski definition) is 1. The first-order valence-corrected chi connectivity index (χ1v) is 14.1. The van der Waals surface area contributed by atoms with Crippen LogP contribution in [0.15, 0.2) is 97.1 Å². The molecule has 44 heavy (non-hydrogen) atoms. The van der Waals surface area contributed by atoms with Crippen LogP contribution in [0.1, 0.15) is 37.6 Å². The van der Waals surface area contributed by atoms with Crippen molar-refractivity contribution in [3.63, 3.8) is 0 Å². The zero-order chi connectivity index (χ0) is 33.8. The maximum Gasteiger partial charge on any atom is 0.339 e. The van der Waals surface area contributed by atoms with Crippen molar-refractivity contribution in [3.05, 3.63) is 137 Å². The summed E-state index contributed by atoms with van der Waals surface area (Å²) in [6.07, 6.45) is -0.586. The lowest BCUT2D eigenvalue weighted by Gasteiger charge is -2.48. The summed E-state index contributed by atoms with van der Waals surface area (Å²) >= 11 is 0. The third kappa shape index (κ3) is 6.94. The summed E-state index contributed by atoms with van der Waals surface area (Å²) in [5.74, 6) is -6.04. The van der Waals surface area contributed by atoms with Crippen molar-refractivity contribution in [1.29, 1.82) is 0 Å². The van der Waals surface area contributed by atoms with Crippen LogP contribution in [0.3, 0.4) is 0 Å². The average Bonchev–Trinajstić information content (AvgIpc) is 3.04. The Morgan fingerprint density at radius 3 is 2.36 bits per heavy atom. The van der Waals surface area contributed by atoms with E-state index in [4.69, 9.17) is 8.85 Å². The van der Waals surface area contributed by atoms with Crippen molar-refractivity contribution < 1.29 is 36.7 Å². The van der Waals surface area contributed by atoms with E-state index in [0.717, 1.165) is 0 Å². The molecule has 0 unspecified atom stereocenters. The number of aromatic hydroxyl groups is 1. The van der Waals surface area contributed by atoms with Gasteiger partial charge in [-0.1, -0.05) is 60.7 Å². The fourth-order valence-electron chi connectivity index (χ4n) is 5.69. The van der Waals surface area contributed by atoms with Gasteiger partial charge in [-0.25, -0.2) is 18.0 Å². The van der Waals surface area contributed by atoms with Gasteiger partial charge in [0.2, 0.25) is 5.91 Å². The molecule has 1 fully saturated rings. The van der Waals surface area contributed by atoms with Crippen LogP contribution in [0.5, 0.6) is 5.75 Å². The minimum Gasteiger partial charge on any atom is -0.508 e. The van der Waals surface area contributed by atoms with Crippen LogP contribution in [0, 0.1) is 23.4 Å². The lowest BCUT2D eigenvalue weighted by Crippen LogP contribution is -2.56. The summed E-state index contributed by atoms with van der Waals surface area (Å²) in [7, 11) is 0. The molecule has 1 amide bonds. The fourth-order valence-corrected chi connectivity index (χ4v) is 5.69. The number of halogens is 3. The molecule has 1 saturated heterocycles. The number of carbonyl (C=O) groups excluding carboxylic acids is 2. The van der Waals surface area contributed by atoms with Gasteiger partial charge in [-0.3, -0.25) is 4.79 Å². The lowest BCUT2D eigenvalue weighted by atomic mass is 9.75. The molecule has 0 radical (unpaired) electrons. The van der Waals surface area contributed by atoms with Gasteiger partial charge in [0.15, 0.2) is 11.6 Å². The van der Waals surface area contributed by atoms with Gasteiger partial charge in [0, 0.05) is 54.3 Å². The molecular weight excluding hydrogens is 569 g/mol. The summed E-state index contributed by atoms with van der Waals surface area (Å²) in [5.41, 5.74) is -0.495. The first kappa shape index (κ1) is 27.0. The molecule has 5 rings (SSSR count). The summed E-state index contributed by atoms with van der Waals surface area (Å²) < 4.78 is 73.4. The number of nitrogens with zero attached hydrogens (tertiary/aromatic N) is 2. The number of ether oxygens (including phenoxy) is 1. The minimum absolute atomic E-state index is 0.00457. The van der Waals surface area contributed by atoms with Crippen LogP contribution in [0.25, 0.3) is 0 Å². The number of rotatable bonds is 9. The summed E-state index contributed by atoms with van der Waals surface area (Å²) in [6.45, 7) is -2.93. The monoisotopic (exact) mass is 605 g/mol. The molecule has 4 aromatic rings. The van der Waals surface area contributed by atoms with Gasteiger partial charge >= 0.3 is 5.97 Å². The lowest BCUT2D eigenvalue weighted by molar-refractivity contribution is -0.142. The first-order chi connectivity index (χ1) is 22.4. The van der Waals surface area contributed by atoms with E-state index in [0.29, 0.717) is 23.3 Å². The van der Waals surface area contributed by atoms with Gasteiger partial charge in [-0.05, 0) is 48.4 Å². The van der Waals surface area contributed by atoms with Crippen LogP contribution in [0.4, 0.5) is 13.2 Å². The minimum atomic E-state index is -2.61. The van der Waals surface area contributed by atoms with E-state index in [2.05, 4.69) is 0 Å². The molecule has 1 aliphatic rings. The van der Waals surface area contributed by atoms with E-state index in [-0.39, 0.29) is 49.5 Å². The molecule has 0 aliphatic carbocycles. The number of hydrogen-bond acceptors (Lipinski definition) is 5. The van der Waals surface area contributed by atoms with E-state index in [1.54, 1.807) is 72.8 Å². The second kappa shape index (κ2) is 13.3. The number of phenolic OH excluding ortho intramolecular Hbond substituents is 1. The summed E-state index contributed by atoms with van der Waals surface area (Å²) in [6, 6.07) is 24.3. The first-order valence-electron chi connectivity index (χ1n) is 15.6. The van der Waals surface area contributed by atoms with Crippen LogP contribution in [-0.2, 0) is 28.1 Å². The maximum atomic E-state index is 14.5. The van der Waals surface area contributed by atoms with E-state index in [1.165, 1.54) is 21.9 Å². The zero-order valence-corrected chi connectivity index (χ0v) is 23.8. The molecule has 0 bridgehead atoms. The number of benzene rings is 4. The SMILES string of the molecule is [2H]C([2H])([2H])N(Cc1ccccc1)C[C@@H]1CN(C(=O)Cc2cc(F)c(F)cc2F)CC[C@@]1(OC(=O)c1ccccc1)c1cccc(O)c1. The topological polar surface area (TPSA) is 70.1 Å². The van der Waals surface area contributed by atoms with Crippen molar-refractivity contribution in [3.8, 4) is 5.75 Å². The third-order valence-electron chi connectivity index (χ3n) is 7.91. The standard InChI is InChI=1S/C35H33F3N2O4/c1-39(21-24-9-4-2-5-10-24)22-28-23-40(33(42)18-26-17-31(37)32(38)20-30(26)36)16-15-35(28,27-13-8-14-29(41)19-27)44-34(43)25-11-6-3-7-12-25/h2-14,17,19-20,28,41H,15-16,18,21-23H2,1H3/t28-,35-/m1/s1/i1D3. The number of carbonyl (C=O) groups is 2. The molecule has 0 spiro atoms. The molecule has 1 aliphatic heterocycles. The zero-order valence-electron chi connectivity index (χ0n) is 26.8. The maximum absolute atomic E-state index is 14.5. The highest BCUT2D eigenvalue weighted by molar-refractivity contribution is 5.89. The number of esters is 1. The Morgan fingerprint density at radius 2 is 1.66 bits per heavy atom. The Bertz CT molecular complexity index is 1730. The van der Waals surface area contributed by atoms with Crippen molar-refractivity contribution in [2.75, 3.05) is 26.6 Å². The number of likely N-dealkylation sites (tertiary alicyclic amines) is 1. The van der Waals surface area contributed by atoms with Crippen LogP contribution >= 0.6 is 0 Å². The quantitative estimate of drug-likeness (QED) is 0.185. The van der Waals surface area contributed by atoms with Crippen molar-refractivity contribution in [2.24, 2.45) is 5.92 Å². The number of phenols is 1. The highest BCUT2D eigenvalue weighted by Crippen LogP contribution is 2.43. The second-order valence-electron chi connectivity index (χ2n) is 10.9. The van der Waals surface area contributed by atoms with E-state index >= 15 is 0 Å². The van der Waals surface area contributed by atoms with E-state index in [1.807, 2.05) is 0 Å². The average molecular weight is 606 g/mol. The highest BCUT2D eigenvalue weighted by atomic mass is 19.2. The predicted octanol–water partition coefficient (Wildman–Crippen LogP) is 6.09. The largest absolute Gasteiger partial charge is 0.508 e.